The molecule has 0 aromatic carbocycles. The third-order valence-electron chi connectivity index (χ3n) is 20.6. The molecule has 6 nitrogen and oxygen atoms in total. The Morgan fingerprint density at radius 3 is 0.739 bits per heavy atom. The van der Waals surface area contributed by atoms with Crippen molar-refractivity contribution in [3.8, 4) is 0 Å². The average Bonchev–Trinajstić information content (AvgIpc) is 3.77. The van der Waals surface area contributed by atoms with E-state index in [4.69, 9.17) is 4.74 Å². The van der Waals surface area contributed by atoms with Crippen LogP contribution in [0.25, 0.3) is 0 Å². The van der Waals surface area contributed by atoms with Crippen molar-refractivity contribution in [1.29, 1.82) is 0 Å². The zero-order valence-corrected chi connectivity index (χ0v) is 63.1. The molecule has 0 spiro atoms. The van der Waals surface area contributed by atoms with E-state index in [0.717, 1.165) is 38.5 Å². The van der Waals surface area contributed by atoms with Gasteiger partial charge >= 0.3 is 5.97 Å². The zero-order chi connectivity index (χ0) is 66.3. The van der Waals surface area contributed by atoms with Crippen LogP contribution in [0, 0.1) is 0 Å². The summed E-state index contributed by atoms with van der Waals surface area (Å²) < 4.78 is 5.52. The lowest BCUT2D eigenvalue weighted by atomic mass is 10.0. The smallest absolute Gasteiger partial charge is 0.305 e. The second-order valence-corrected chi connectivity index (χ2v) is 29.9. The van der Waals surface area contributed by atoms with E-state index in [-0.39, 0.29) is 18.5 Å². The number of ether oxygens (including phenoxy) is 1. The summed E-state index contributed by atoms with van der Waals surface area (Å²) in [7, 11) is 0. The number of aliphatic hydroxyl groups is 2. The lowest BCUT2D eigenvalue weighted by Gasteiger charge is -2.20. The first-order valence-electron chi connectivity index (χ1n) is 43.0. The van der Waals surface area contributed by atoms with E-state index in [1.807, 2.05) is 6.08 Å². The molecule has 0 heterocycles. The maximum absolute atomic E-state index is 12.6. The minimum absolute atomic E-state index is 0.0274. The Labute approximate surface area is 578 Å². The molecule has 6 heteroatoms. The fraction of sp³-hybridized carbons (Fsp3) is 0.953. The Bertz CT molecular complexity index is 1400. The standard InChI is InChI=1S/C86H169NO5/c1-3-5-7-9-11-13-15-17-19-21-23-24-25-37-40-43-46-50-54-58-62-66-70-74-78-84(89)83(82-88)87-85(90)79-75-71-67-63-59-55-51-47-44-41-38-35-33-31-29-27-26-28-30-32-34-36-39-42-45-49-53-57-61-65-69-73-77-81-92-86(91)80-76-72-68-64-60-56-52-48-22-20-18-16-14-12-10-8-6-4-2/h74,78,83-84,88-89H,3-73,75-77,79-82H2,1-2H3,(H,87,90)/b78-74+. The van der Waals surface area contributed by atoms with Crippen molar-refractivity contribution in [2.24, 2.45) is 0 Å². The molecule has 0 aliphatic rings. The van der Waals surface area contributed by atoms with Crippen LogP contribution in [0.4, 0.5) is 0 Å². The van der Waals surface area contributed by atoms with Gasteiger partial charge in [-0.1, -0.05) is 469 Å². The Morgan fingerprint density at radius 2 is 0.500 bits per heavy atom. The lowest BCUT2D eigenvalue weighted by molar-refractivity contribution is -0.143. The molecule has 0 aliphatic heterocycles. The highest BCUT2D eigenvalue weighted by Crippen LogP contribution is 2.21. The molecular formula is C86H169NO5. The number of allylic oxidation sites excluding steroid dienone is 1. The summed E-state index contributed by atoms with van der Waals surface area (Å²) in [6.07, 6.45) is 105. The number of esters is 1. The lowest BCUT2D eigenvalue weighted by Crippen LogP contribution is -2.45. The summed E-state index contributed by atoms with van der Waals surface area (Å²) in [4.78, 5) is 24.7. The number of aliphatic hydroxyl groups excluding tert-OH is 2. The molecule has 2 unspecified atom stereocenters. The average molecular weight is 1300 g/mol. The molecule has 0 saturated heterocycles. The minimum Gasteiger partial charge on any atom is -0.466 e. The first-order valence-corrected chi connectivity index (χ1v) is 43.0. The second kappa shape index (κ2) is 82.0. The molecule has 0 aliphatic carbocycles. The van der Waals surface area contributed by atoms with Crippen molar-refractivity contribution in [2.75, 3.05) is 13.2 Å². The minimum atomic E-state index is -0.842. The Balaban J connectivity index is 3.33. The van der Waals surface area contributed by atoms with Gasteiger partial charge in [-0.05, 0) is 32.1 Å². The maximum atomic E-state index is 12.6. The van der Waals surface area contributed by atoms with Crippen LogP contribution in [0.2, 0.25) is 0 Å². The first-order chi connectivity index (χ1) is 45.5. The normalized spacial score (nSPS) is 12.4. The first kappa shape index (κ1) is 90.6. The number of nitrogens with one attached hydrogen (secondary N) is 1. The van der Waals surface area contributed by atoms with Gasteiger partial charge in [0.2, 0.25) is 5.91 Å². The predicted octanol–water partition coefficient (Wildman–Crippen LogP) is 28.6. The molecule has 0 aromatic rings. The van der Waals surface area contributed by atoms with E-state index in [0.29, 0.717) is 19.4 Å². The van der Waals surface area contributed by atoms with Gasteiger partial charge in [-0.25, -0.2) is 0 Å². The topological polar surface area (TPSA) is 95.9 Å². The van der Waals surface area contributed by atoms with Gasteiger partial charge in [0.05, 0.1) is 25.4 Å². The Hall–Kier alpha value is -1.40. The fourth-order valence-corrected chi connectivity index (χ4v) is 14.1. The van der Waals surface area contributed by atoms with Gasteiger partial charge in [0.1, 0.15) is 0 Å². The summed E-state index contributed by atoms with van der Waals surface area (Å²) in [6.45, 7) is 4.98. The number of carbonyl (C=O) groups is 2. The van der Waals surface area contributed by atoms with Crippen molar-refractivity contribution in [3.05, 3.63) is 12.2 Å². The third kappa shape index (κ3) is 77.6. The van der Waals surface area contributed by atoms with Crippen LogP contribution in [-0.2, 0) is 14.3 Å². The number of hydrogen-bond donors (Lipinski definition) is 3. The fourth-order valence-electron chi connectivity index (χ4n) is 14.1. The second-order valence-electron chi connectivity index (χ2n) is 29.9. The molecule has 2 atom stereocenters. The van der Waals surface area contributed by atoms with Crippen molar-refractivity contribution in [2.45, 2.75) is 514 Å². The highest BCUT2D eigenvalue weighted by molar-refractivity contribution is 5.76. The molecular weight excluding hydrogens is 1130 g/mol. The van der Waals surface area contributed by atoms with E-state index in [1.165, 1.54) is 437 Å². The molecule has 0 bridgehead atoms. The van der Waals surface area contributed by atoms with Gasteiger partial charge in [0.25, 0.3) is 0 Å². The number of rotatable bonds is 82. The molecule has 548 valence electrons. The Kier molecular flexibility index (Phi) is 80.8. The molecule has 0 rings (SSSR count). The summed E-state index contributed by atoms with van der Waals surface area (Å²) in [5.74, 6) is -0.0296. The van der Waals surface area contributed by atoms with E-state index < -0.39 is 12.1 Å². The summed E-state index contributed by atoms with van der Waals surface area (Å²) in [5, 5.41) is 23.3. The van der Waals surface area contributed by atoms with Crippen LogP contribution in [0.1, 0.15) is 502 Å². The number of hydrogen-bond acceptors (Lipinski definition) is 5. The maximum Gasteiger partial charge on any atom is 0.305 e. The van der Waals surface area contributed by atoms with Crippen LogP contribution >= 0.6 is 0 Å². The summed E-state index contributed by atoms with van der Waals surface area (Å²) >= 11 is 0. The SMILES string of the molecule is CCCCCCCCCCCCCCCCCCCCCCCC/C=C/C(O)C(CO)NC(=O)CCCCCCCCCCCCCCCCCCCCCCCCCCCCCCCCCCCOC(=O)CCCCCCCCCCCCCCCCCCCC. The van der Waals surface area contributed by atoms with Crippen LogP contribution in [-0.4, -0.2) is 47.4 Å². The van der Waals surface area contributed by atoms with Gasteiger partial charge in [-0.2, -0.15) is 0 Å². The summed E-state index contributed by atoms with van der Waals surface area (Å²) in [6, 6.07) is -0.625. The molecule has 0 fully saturated rings. The molecule has 0 aromatic heterocycles. The van der Waals surface area contributed by atoms with Gasteiger partial charge < -0.3 is 20.3 Å². The van der Waals surface area contributed by atoms with Crippen molar-refractivity contribution < 1.29 is 24.5 Å². The van der Waals surface area contributed by atoms with Crippen molar-refractivity contribution >= 4 is 11.9 Å². The number of unbranched alkanes of at least 4 members (excludes halogenated alkanes) is 71. The highest BCUT2D eigenvalue weighted by Gasteiger charge is 2.18. The highest BCUT2D eigenvalue weighted by atomic mass is 16.5. The Morgan fingerprint density at radius 1 is 0.293 bits per heavy atom. The number of carbonyl (C=O) groups excluding carboxylic acids is 2. The van der Waals surface area contributed by atoms with Crippen LogP contribution in [0.5, 0.6) is 0 Å². The van der Waals surface area contributed by atoms with Crippen LogP contribution in [0.3, 0.4) is 0 Å². The van der Waals surface area contributed by atoms with Crippen LogP contribution in [0.15, 0.2) is 12.2 Å². The van der Waals surface area contributed by atoms with Crippen LogP contribution < -0.4 is 5.32 Å². The third-order valence-corrected chi connectivity index (χ3v) is 20.6. The molecule has 0 radical (unpaired) electrons. The van der Waals surface area contributed by atoms with Crippen molar-refractivity contribution in [1.82, 2.24) is 5.32 Å². The number of amides is 1. The molecule has 1 amide bonds. The van der Waals surface area contributed by atoms with E-state index >= 15 is 0 Å². The quantitative estimate of drug-likeness (QED) is 0.0320. The largest absolute Gasteiger partial charge is 0.466 e. The van der Waals surface area contributed by atoms with E-state index in [1.54, 1.807) is 6.08 Å². The molecule has 0 saturated carbocycles. The monoisotopic (exact) mass is 1300 g/mol. The molecule has 3 N–H and O–H groups in total. The van der Waals surface area contributed by atoms with Gasteiger partial charge in [0.15, 0.2) is 0 Å². The van der Waals surface area contributed by atoms with Gasteiger partial charge in [0, 0.05) is 12.8 Å². The predicted molar refractivity (Wildman–Crippen MR) is 407 cm³/mol. The van der Waals surface area contributed by atoms with E-state index in [9.17, 15) is 19.8 Å². The van der Waals surface area contributed by atoms with Gasteiger partial charge in [-0.3, -0.25) is 9.59 Å². The zero-order valence-electron chi connectivity index (χ0n) is 63.1. The summed E-state index contributed by atoms with van der Waals surface area (Å²) in [5.41, 5.74) is 0. The van der Waals surface area contributed by atoms with Gasteiger partial charge in [-0.15, -0.1) is 0 Å². The van der Waals surface area contributed by atoms with Crippen molar-refractivity contribution in [3.63, 3.8) is 0 Å². The molecule has 92 heavy (non-hydrogen) atoms. The van der Waals surface area contributed by atoms with E-state index in [2.05, 4.69) is 19.2 Å².